The average molecular weight is 263 g/mol. The van der Waals surface area contributed by atoms with Gasteiger partial charge in [0.2, 0.25) is 5.91 Å². The second-order valence-corrected chi connectivity index (χ2v) is 4.24. The van der Waals surface area contributed by atoms with Gasteiger partial charge in [-0.2, -0.15) is 5.26 Å². The number of nitrogens with zero attached hydrogens (tertiary/aromatic N) is 3. The SMILES string of the molecule is COCCN1CN(c2cccc(F)c2C#N)CC1=O. The van der Waals surface area contributed by atoms with Crippen molar-refractivity contribution < 1.29 is 13.9 Å². The number of carbonyl (C=O) groups is 1. The average Bonchev–Trinajstić information content (AvgIpc) is 2.77. The third kappa shape index (κ3) is 2.66. The van der Waals surface area contributed by atoms with Crippen LogP contribution in [0.5, 0.6) is 0 Å². The van der Waals surface area contributed by atoms with Gasteiger partial charge in [-0.05, 0) is 12.1 Å². The summed E-state index contributed by atoms with van der Waals surface area (Å²) in [4.78, 5) is 15.1. The van der Waals surface area contributed by atoms with Crippen molar-refractivity contribution in [3.05, 3.63) is 29.6 Å². The summed E-state index contributed by atoms with van der Waals surface area (Å²) >= 11 is 0. The van der Waals surface area contributed by atoms with Crippen LogP contribution in [0.15, 0.2) is 18.2 Å². The Morgan fingerprint density at radius 2 is 2.32 bits per heavy atom. The van der Waals surface area contributed by atoms with Gasteiger partial charge in [0.1, 0.15) is 17.4 Å². The summed E-state index contributed by atoms with van der Waals surface area (Å²) in [5, 5.41) is 9.00. The van der Waals surface area contributed by atoms with E-state index >= 15 is 0 Å². The molecule has 19 heavy (non-hydrogen) atoms. The molecule has 0 atom stereocenters. The van der Waals surface area contributed by atoms with E-state index in [0.717, 1.165) is 0 Å². The van der Waals surface area contributed by atoms with Crippen LogP contribution in [0.3, 0.4) is 0 Å². The van der Waals surface area contributed by atoms with E-state index in [0.29, 0.717) is 25.5 Å². The molecule has 0 aliphatic carbocycles. The minimum atomic E-state index is -0.567. The van der Waals surface area contributed by atoms with Crippen LogP contribution in [0.1, 0.15) is 5.56 Å². The molecule has 0 aromatic heterocycles. The Balaban J connectivity index is 2.19. The number of anilines is 1. The van der Waals surface area contributed by atoms with Gasteiger partial charge in [0.15, 0.2) is 0 Å². The number of benzene rings is 1. The number of rotatable bonds is 4. The van der Waals surface area contributed by atoms with E-state index in [1.54, 1.807) is 23.0 Å². The van der Waals surface area contributed by atoms with Crippen LogP contribution < -0.4 is 4.90 Å². The molecule has 1 saturated heterocycles. The Hall–Kier alpha value is -2.13. The van der Waals surface area contributed by atoms with E-state index in [1.165, 1.54) is 12.1 Å². The fraction of sp³-hybridized carbons (Fsp3) is 0.385. The molecule has 0 N–H and O–H groups in total. The van der Waals surface area contributed by atoms with Crippen molar-refractivity contribution in [1.29, 1.82) is 5.26 Å². The molecule has 0 unspecified atom stereocenters. The first-order chi connectivity index (χ1) is 9.17. The first-order valence-electron chi connectivity index (χ1n) is 5.87. The number of carbonyl (C=O) groups excluding carboxylic acids is 1. The largest absolute Gasteiger partial charge is 0.383 e. The maximum Gasteiger partial charge on any atom is 0.243 e. The summed E-state index contributed by atoms with van der Waals surface area (Å²) in [5.74, 6) is -0.618. The predicted molar refractivity (Wildman–Crippen MR) is 66.9 cm³/mol. The normalized spacial score (nSPS) is 14.9. The van der Waals surface area contributed by atoms with Crippen LogP contribution in [0, 0.1) is 17.1 Å². The Morgan fingerprint density at radius 3 is 3.00 bits per heavy atom. The molecule has 0 saturated carbocycles. The quantitative estimate of drug-likeness (QED) is 0.811. The standard InChI is InChI=1S/C13H14FN3O2/c1-19-6-5-16-9-17(8-13(16)18)12-4-2-3-11(14)10(12)7-15/h2-4H,5-6,8-9H2,1H3. The molecule has 2 rings (SSSR count). The maximum atomic E-state index is 13.5. The molecule has 0 bridgehead atoms. The Labute approximate surface area is 110 Å². The predicted octanol–water partition coefficient (Wildman–Crippen LogP) is 0.950. The Bertz CT molecular complexity index is 527. The number of hydrogen-bond acceptors (Lipinski definition) is 4. The van der Waals surface area contributed by atoms with Crippen molar-refractivity contribution >= 4 is 11.6 Å². The van der Waals surface area contributed by atoms with Crippen LogP contribution >= 0.6 is 0 Å². The number of ether oxygens (including phenoxy) is 1. The first kappa shape index (κ1) is 13.3. The summed E-state index contributed by atoms with van der Waals surface area (Å²) in [7, 11) is 1.57. The van der Waals surface area contributed by atoms with E-state index in [2.05, 4.69) is 0 Å². The van der Waals surface area contributed by atoms with Gasteiger partial charge in [-0.15, -0.1) is 0 Å². The van der Waals surface area contributed by atoms with Crippen molar-refractivity contribution in [2.75, 3.05) is 38.4 Å². The molecule has 1 aromatic rings. The molecule has 0 radical (unpaired) electrons. The Kier molecular flexibility index (Phi) is 3.97. The second-order valence-electron chi connectivity index (χ2n) is 4.24. The lowest BCUT2D eigenvalue weighted by Gasteiger charge is -2.20. The highest BCUT2D eigenvalue weighted by molar-refractivity contribution is 5.85. The molecule has 100 valence electrons. The summed E-state index contributed by atoms with van der Waals surface area (Å²) in [6, 6.07) is 6.26. The van der Waals surface area contributed by atoms with Crippen LogP contribution in [0.25, 0.3) is 0 Å². The summed E-state index contributed by atoms with van der Waals surface area (Å²) in [6.45, 7) is 1.44. The number of nitriles is 1. The Morgan fingerprint density at radius 1 is 1.53 bits per heavy atom. The fourth-order valence-electron chi connectivity index (χ4n) is 2.04. The lowest BCUT2D eigenvalue weighted by molar-refractivity contribution is -0.127. The second kappa shape index (κ2) is 5.67. The maximum absolute atomic E-state index is 13.5. The van der Waals surface area contributed by atoms with Gasteiger partial charge in [-0.25, -0.2) is 4.39 Å². The van der Waals surface area contributed by atoms with Gasteiger partial charge in [0, 0.05) is 13.7 Å². The topological polar surface area (TPSA) is 56.6 Å². The number of amides is 1. The molecular formula is C13H14FN3O2. The smallest absolute Gasteiger partial charge is 0.243 e. The molecule has 1 aliphatic rings. The number of hydrogen-bond donors (Lipinski definition) is 0. The zero-order valence-corrected chi connectivity index (χ0v) is 10.6. The van der Waals surface area contributed by atoms with Gasteiger partial charge in [0.25, 0.3) is 0 Å². The molecule has 0 spiro atoms. The summed E-state index contributed by atoms with van der Waals surface area (Å²) < 4.78 is 18.5. The number of halogens is 1. The van der Waals surface area contributed by atoms with Crippen LogP contribution in [-0.4, -0.2) is 44.3 Å². The summed E-state index contributed by atoms with van der Waals surface area (Å²) in [6.07, 6.45) is 0. The fourth-order valence-corrected chi connectivity index (χ4v) is 2.04. The van der Waals surface area contributed by atoms with E-state index in [9.17, 15) is 9.18 Å². The van der Waals surface area contributed by atoms with Crippen LogP contribution in [0.2, 0.25) is 0 Å². The van der Waals surface area contributed by atoms with Gasteiger partial charge in [-0.1, -0.05) is 6.07 Å². The van der Waals surface area contributed by atoms with Crippen LogP contribution in [0.4, 0.5) is 10.1 Å². The molecule has 1 fully saturated rings. The molecule has 1 aliphatic heterocycles. The monoisotopic (exact) mass is 263 g/mol. The highest BCUT2D eigenvalue weighted by atomic mass is 19.1. The van der Waals surface area contributed by atoms with E-state index in [-0.39, 0.29) is 18.0 Å². The first-order valence-corrected chi connectivity index (χ1v) is 5.87. The minimum Gasteiger partial charge on any atom is -0.383 e. The van der Waals surface area contributed by atoms with E-state index < -0.39 is 5.82 Å². The van der Waals surface area contributed by atoms with Crippen molar-refractivity contribution in [2.45, 2.75) is 0 Å². The lowest BCUT2D eigenvalue weighted by Crippen LogP contribution is -2.30. The van der Waals surface area contributed by atoms with Gasteiger partial charge >= 0.3 is 0 Å². The molecule has 1 aromatic carbocycles. The molecule has 6 heteroatoms. The molecule has 5 nitrogen and oxygen atoms in total. The van der Waals surface area contributed by atoms with Crippen molar-refractivity contribution in [3.63, 3.8) is 0 Å². The minimum absolute atomic E-state index is 0.0242. The number of methoxy groups -OCH3 is 1. The lowest BCUT2D eigenvalue weighted by atomic mass is 10.1. The van der Waals surface area contributed by atoms with Crippen molar-refractivity contribution in [2.24, 2.45) is 0 Å². The van der Waals surface area contributed by atoms with Gasteiger partial charge in [0.05, 0.1) is 25.5 Å². The highest BCUT2D eigenvalue weighted by Crippen LogP contribution is 2.25. The zero-order chi connectivity index (χ0) is 13.8. The van der Waals surface area contributed by atoms with Crippen molar-refractivity contribution in [3.8, 4) is 6.07 Å². The van der Waals surface area contributed by atoms with Crippen LogP contribution in [-0.2, 0) is 9.53 Å². The third-order valence-electron chi connectivity index (χ3n) is 3.03. The molecule has 1 amide bonds. The molecular weight excluding hydrogens is 249 g/mol. The van der Waals surface area contributed by atoms with Gasteiger partial charge in [-0.3, -0.25) is 4.79 Å². The zero-order valence-electron chi connectivity index (χ0n) is 10.6. The van der Waals surface area contributed by atoms with E-state index in [1.807, 2.05) is 6.07 Å². The van der Waals surface area contributed by atoms with Gasteiger partial charge < -0.3 is 14.5 Å². The van der Waals surface area contributed by atoms with E-state index in [4.69, 9.17) is 10.00 Å². The third-order valence-corrected chi connectivity index (χ3v) is 3.03. The summed E-state index contributed by atoms with van der Waals surface area (Å²) in [5.41, 5.74) is 0.430. The highest BCUT2D eigenvalue weighted by Gasteiger charge is 2.29. The molecule has 1 heterocycles. The van der Waals surface area contributed by atoms with Crippen molar-refractivity contribution in [1.82, 2.24) is 4.90 Å².